The first-order valence-electron chi connectivity index (χ1n) is 6.81. The molecule has 1 aromatic carbocycles. The molecule has 4 nitrogen and oxygen atoms in total. The third-order valence-electron chi connectivity index (χ3n) is 3.92. The predicted octanol–water partition coefficient (Wildman–Crippen LogP) is 2.66. The molecule has 2 heterocycles. The molecule has 2 aliphatic heterocycles. The maximum Gasteiger partial charge on any atom is 0.222 e. The molecule has 0 aromatic heterocycles. The Kier molecular flexibility index (Phi) is 3.57. The number of likely N-dealkylation sites (tertiary alicyclic amines) is 1. The highest BCUT2D eigenvalue weighted by molar-refractivity contribution is 6.30. The van der Waals surface area contributed by atoms with E-state index in [1.807, 2.05) is 35.4 Å². The molecule has 1 fully saturated rings. The smallest absolute Gasteiger partial charge is 0.222 e. The Morgan fingerprint density at radius 2 is 2.05 bits per heavy atom. The minimum Gasteiger partial charge on any atom is -0.343 e. The van der Waals surface area contributed by atoms with Crippen LogP contribution in [0.5, 0.6) is 0 Å². The molecule has 1 atom stereocenters. The van der Waals surface area contributed by atoms with Gasteiger partial charge in [0.05, 0.1) is 0 Å². The SMILES string of the molecule is O=C(CCC1(c2ccc(Cl)cc2)C=NC=N1)N1CCC1. The second-order valence-electron chi connectivity index (χ2n) is 5.19. The number of nitrogens with zero attached hydrogens (tertiary/aromatic N) is 3. The summed E-state index contributed by atoms with van der Waals surface area (Å²) < 4.78 is 0. The van der Waals surface area contributed by atoms with E-state index in [0.717, 1.165) is 25.1 Å². The second kappa shape index (κ2) is 5.37. The Balaban J connectivity index is 1.74. The number of amides is 1. The molecular weight excluding hydrogens is 274 g/mol. The summed E-state index contributed by atoms with van der Waals surface area (Å²) in [7, 11) is 0. The van der Waals surface area contributed by atoms with Gasteiger partial charge < -0.3 is 4.90 Å². The highest BCUT2D eigenvalue weighted by Crippen LogP contribution is 2.32. The summed E-state index contributed by atoms with van der Waals surface area (Å²) in [6.07, 6.45) is 5.63. The van der Waals surface area contributed by atoms with Gasteiger partial charge in [0, 0.05) is 30.7 Å². The van der Waals surface area contributed by atoms with Gasteiger partial charge in [0.25, 0.3) is 0 Å². The number of carbonyl (C=O) groups excluding carboxylic acids is 1. The summed E-state index contributed by atoms with van der Waals surface area (Å²) in [6, 6.07) is 7.59. The lowest BCUT2D eigenvalue weighted by molar-refractivity contribution is -0.134. The molecule has 0 bridgehead atoms. The van der Waals surface area contributed by atoms with Crippen LogP contribution in [0.15, 0.2) is 34.3 Å². The van der Waals surface area contributed by atoms with Crippen molar-refractivity contribution in [1.29, 1.82) is 0 Å². The van der Waals surface area contributed by atoms with Crippen molar-refractivity contribution in [3.63, 3.8) is 0 Å². The van der Waals surface area contributed by atoms with Crippen LogP contribution in [0.25, 0.3) is 0 Å². The highest BCUT2D eigenvalue weighted by Gasteiger charge is 2.33. The van der Waals surface area contributed by atoms with Crippen molar-refractivity contribution in [2.45, 2.75) is 24.8 Å². The number of halogens is 1. The first-order valence-corrected chi connectivity index (χ1v) is 7.19. The van der Waals surface area contributed by atoms with Gasteiger partial charge in [-0.1, -0.05) is 23.7 Å². The van der Waals surface area contributed by atoms with Gasteiger partial charge in [-0.05, 0) is 30.5 Å². The summed E-state index contributed by atoms with van der Waals surface area (Å²) in [4.78, 5) is 22.5. The Hall–Kier alpha value is -1.68. The van der Waals surface area contributed by atoms with Crippen molar-refractivity contribution >= 4 is 30.1 Å². The molecule has 1 saturated heterocycles. The molecule has 1 aromatic rings. The minimum atomic E-state index is -0.509. The van der Waals surface area contributed by atoms with Crippen LogP contribution in [-0.2, 0) is 10.3 Å². The topological polar surface area (TPSA) is 45.0 Å². The molecule has 2 aliphatic rings. The summed E-state index contributed by atoms with van der Waals surface area (Å²) in [5.74, 6) is 0.208. The van der Waals surface area contributed by atoms with E-state index in [0.29, 0.717) is 17.9 Å². The first kappa shape index (κ1) is 13.3. The number of hydrogen-bond acceptors (Lipinski definition) is 3. The van der Waals surface area contributed by atoms with Gasteiger partial charge in [0.2, 0.25) is 5.91 Å². The van der Waals surface area contributed by atoms with Gasteiger partial charge in [0.1, 0.15) is 11.9 Å². The lowest BCUT2D eigenvalue weighted by Crippen LogP contribution is -2.42. The monoisotopic (exact) mass is 289 g/mol. The fourth-order valence-corrected chi connectivity index (χ4v) is 2.63. The summed E-state index contributed by atoms with van der Waals surface area (Å²) in [5, 5.41) is 0.694. The van der Waals surface area contributed by atoms with Crippen molar-refractivity contribution in [2.75, 3.05) is 13.1 Å². The van der Waals surface area contributed by atoms with Gasteiger partial charge in [0.15, 0.2) is 0 Å². The van der Waals surface area contributed by atoms with E-state index in [1.54, 1.807) is 6.34 Å². The average molecular weight is 290 g/mol. The van der Waals surface area contributed by atoms with Crippen LogP contribution in [0.2, 0.25) is 5.02 Å². The quantitative estimate of drug-likeness (QED) is 0.840. The maximum absolute atomic E-state index is 12.0. The van der Waals surface area contributed by atoms with Crippen molar-refractivity contribution in [3.8, 4) is 0 Å². The first-order chi connectivity index (χ1) is 9.70. The van der Waals surface area contributed by atoms with E-state index in [1.165, 1.54) is 0 Å². The van der Waals surface area contributed by atoms with Gasteiger partial charge in [-0.25, -0.2) is 4.99 Å². The van der Waals surface area contributed by atoms with E-state index in [2.05, 4.69) is 9.98 Å². The number of hydrogen-bond donors (Lipinski definition) is 0. The van der Waals surface area contributed by atoms with Crippen LogP contribution in [0.3, 0.4) is 0 Å². The fraction of sp³-hybridized carbons (Fsp3) is 0.400. The zero-order chi connectivity index (χ0) is 14.0. The van der Waals surface area contributed by atoms with E-state index < -0.39 is 5.54 Å². The molecule has 1 amide bonds. The largest absolute Gasteiger partial charge is 0.343 e. The molecule has 20 heavy (non-hydrogen) atoms. The fourth-order valence-electron chi connectivity index (χ4n) is 2.51. The maximum atomic E-state index is 12.0. The normalized spacial score (nSPS) is 23.9. The number of carbonyl (C=O) groups is 1. The lowest BCUT2D eigenvalue weighted by Gasteiger charge is -2.32. The Morgan fingerprint density at radius 3 is 2.60 bits per heavy atom. The minimum absolute atomic E-state index is 0.208. The van der Waals surface area contributed by atoms with Crippen molar-refractivity contribution in [1.82, 2.24) is 4.90 Å². The molecule has 0 spiro atoms. The van der Waals surface area contributed by atoms with E-state index in [4.69, 9.17) is 11.6 Å². The van der Waals surface area contributed by atoms with Gasteiger partial charge in [-0.3, -0.25) is 9.79 Å². The Morgan fingerprint density at radius 1 is 1.30 bits per heavy atom. The van der Waals surface area contributed by atoms with Gasteiger partial charge in [-0.15, -0.1) is 0 Å². The molecule has 1 unspecified atom stereocenters. The van der Waals surface area contributed by atoms with Crippen LogP contribution in [-0.4, -0.2) is 36.4 Å². The molecule has 3 rings (SSSR count). The Labute approximate surface area is 123 Å². The van der Waals surface area contributed by atoms with Crippen LogP contribution in [0.4, 0.5) is 0 Å². The van der Waals surface area contributed by atoms with Crippen molar-refractivity contribution < 1.29 is 4.79 Å². The second-order valence-corrected chi connectivity index (χ2v) is 5.62. The van der Waals surface area contributed by atoms with E-state index in [-0.39, 0.29) is 5.91 Å². The molecule has 104 valence electrons. The highest BCUT2D eigenvalue weighted by atomic mass is 35.5. The summed E-state index contributed by atoms with van der Waals surface area (Å²) in [5.41, 5.74) is 0.515. The van der Waals surface area contributed by atoms with Crippen LogP contribution in [0, 0.1) is 0 Å². The summed E-state index contributed by atoms with van der Waals surface area (Å²) >= 11 is 5.93. The van der Waals surface area contributed by atoms with Gasteiger partial charge in [-0.2, -0.15) is 0 Å². The number of rotatable bonds is 4. The molecule has 0 radical (unpaired) electrons. The Bertz CT molecular complexity index is 549. The van der Waals surface area contributed by atoms with Gasteiger partial charge >= 0.3 is 0 Å². The van der Waals surface area contributed by atoms with Crippen LogP contribution < -0.4 is 0 Å². The number of benzene rings is 1. The molecule has 5 heteroatoms. The zero-order valence-corrected chi connectivity index (χ0v) is 11.9. The summed E-state index contributed by atoms with van der Waals surface area (Å²) in [6.45, 7) is 1.79. The standard InChI is InChI=1S/C15H16ClN3O/c16-13-4-2-12(3-5-13)15(10-17-11-18-15)7-6-14(20)19-8-1-9-19/h2-5,10-11H,1,6-9H2. The third kappa shape index (κ3) is 2.48. The third-order valence-corrected chi connectivity index (χ3v) is 4.17. The van der Waals surface area contributed by atoms with Crippen LogP contribution in [0.1, 0.15) is 24.8 Å². The van der Waals surface area contributed by atoms with Crippen molar-refractivity contribution in [3.05, 3.63) is 34.9 Å². The van der Waals surface area contributed by atoms with Crippen LogP contribution >= 0.6 is 11.6 Å². The van der Waals surface area contributed by atoms with Crippen molar-refractivity contribution in [2.24, 2.45) is 9.98 Å². The molecular formula is C15H16ClN3O. The average Bonchev–Trinajstić information content (AvgIpc) is 2.85. The molecule has 0 saturated carbocycles. The van der Waals surface area contributed by atoms with E-state index >= 15 is 0 Å². The molecule has 0 N–H and O–H groups in total. The molecule has 0 aliphatic carbocycles. The van der Waals surface area contributed by atoms with E-state index in [9.17, 15) is 4.79 Å². The zero-order valence-electron chi connectivity index (χ0n) is 11.1. The number of aliphatic imine (C=N–C) groups is 2. The lowest BCUT2D eigenvalue weighted by atomic mass is 9.87. The predicted molar refractivity (Wildman–Crippen MR) is 80.5 cm³/mol.